The zero-order chi connectivity index (χ0) is 21.3. The highest BCUT2D eigenvalue weighted by atomic mass is 16.3. The monoisotopic (exact) mass is 396 g/mol. The summed E-state index contributed by atoms with van der Waals surface area (Å²) in [7, 11) is 0. The van der Waals surface area contributed by atoms with E-state index >= 15 is 0 Å². The maximum absolute atomic E-state index is 12.6. The maximum atomic E-state index is 12.6. The minimum atomic E-state index is -0.178. The molecule has 30 heavy (non-hydrogen) atoms. The van der Waals surface area contributed by atoms with Crippen molar-refractivity contribution in [3.05, 3.63) is 111 Å². The van der Waals surface area contributed by atoms with Crippen LogP contribution in [-0.2, 0) is 25.7 Å². The fourth-order valence-corrected chi connectivity index (χ4v) is 4.33. The number of ketones is 1. The molecule has 0 saturated heterocycles. The minimum absolute atomic E-state index is 0.0369. The van der Waals surface area contributed by atoms with Crippen molar-refractivity contribution in [1.82, 2.24) is 0 Å². The van der Waals surface area contributed by atoms with E-state index in [2.05, 4.69) is 32.0 Å². The van der Waals surface area contributed by atoms with Crippen molar-refractivity contribution < 1.29 is 9.90 Å². The molecule has 0 spiro atoms. The number of rotatable bonds is 3. The van der Waals surface area contributed by atoms with Crippen LogP contribution in [0.4, 0.5) is 0 Å². The van der Waals surface area contributed by atoms with Crippen molar-refractivity contribution in [2.24, 2.45) is 0 Å². The highest BCUT2D eigenvalue weighted by Crippen LogP contribution is 2.27. The number of hydrogen-bond donors (Lipinski definition) is 1. The van der Waals surface area contributed by atoms with Crippen LogP contribution in [-0.4, -0.2) is 10.9 Å². The Morgan fingerprint density at radius 3 is 1.80 bits per heavy atom. The van der Waals surface area contributed by atoms with Crippen LogP contribution in [0.3, 0.4) is 0 Å². The molecule has 2 nitrogen and oxygen atoms in total. The van der Waals surface area contributed by atoms with E-state index in [4.69, 9.17) is 0 Å². The number of aryl methyl sites for hydroxylation is 5. The lowest BCUT2D eigenvalue weighted by Gasteiger charge is -2.19. The van der Waals surface area contributed by atoms with E-state index in [1.54, 1.807) is 12.1 Å². The predicted octanol–water partition coefficient (Wildman–Crippen LogP) is 6.28. The molecule has 0 radical (unpaired) electrons. The SMILES string of the molecule is Cc1ccc(C(=O)/C=C(/O)c2cc3c(C)c(c2)CCc2cccc(c2C)CC3)cc1. The molecule has 2 heteroatoms. The van der Waals surface area contributed by atoms with Crippen molar-refractivity contribution in [2.75, 3.05) is 0 Å². The fourth-order valence-electron chi connectivity index (χ4n) is 4.33. The molecule has 3 aromatic rings. The van der Waals surface area contributed by atoms with Crippen LogP contribution in [0.15, 0.2) is 60.7 Å². The average molecular weight is 397 g/mol. The van der Waals surface area contributed by atoms with E-state index in [1.165, 1.54) is 39.5 Å². The number of benzene rings is 3. The molecule has 0 unspecified atom stereocenters. The number of fused-ring (bicyclic) bond motifs is 4. The second-order valence-electron chi connectivity index (χ2n) is 8.38. The van der Waals surface area contributed by atoms with Gasteiger partial charge < -0.3 is 5.11 Å². The van der Waals surface area contributed by atoms with Crippen molar-refractivity contribution in [2.45, 2.75) is 46.5 Å². The van der Waals surface area contributed by atoms with E-state index in [-0.39, 0.29) is 11.5 Å². The van der Waals surface area contributed by atoms with Gasteiger partial charge in [-0.15, -0.1) is 0 Å². The van der Waals surface area contributed by atoms with Gasteiger partial charge in [0.2, 0.25) is 0 Å². The molecular weight excluding hydrogens is 368 g/mol. The van der Waals surface area contributed by atoms with Crippen LogP contribution in [0, 0.1) is 20.8 Å². The summed E-state index contributed by atoms with van der Waals surface area (Å²) >= 11 is 0. The van der Waals surface area contributed by atoms with Gasteiger partial charge in [-0.2, -0.15) is 0 Å². The first-order chi connectivity index (χ1) is 14.4. The van der Waals surface area contributed by atoms with Gasteiger partial charge in [-0.05, 0) is 92.0 Å². The molecule has 1 aliphatic rings. The third kappa shape index (κ3) is 4.09. The zero-order valence-corrected chi connectivity index (χ0v) is 18.0. The van der Waals surface area contributed by atoms with Gasteiger partial charge in [0, 0.05) is 17.2 Å². The van der Waals surface area contributed by atoms with Crippen LogP contribution in [0.2, 0.25) is 0 Å². The Kier molecular flexibility index (Phi) is 5.59. The first kappa shape index (κ1) is 20.2. The van der Waals surface area contributed by atoms with E-state index in [0.29, 0.717) is 5.56 Å². The average Bonchev–Trinajstić information content (AvgIpc) is 2.73. The molecule has 0 heterocycles. The summed E-state index contributed by atoms with van der Waals surface area (Å²) in [5, 5.41) is 10.8. The summed E-state index contributed by atoms with van der Waals surface area (Å²) in [6, 6.07) is 18.1. The Labute approximate surface area is 178 Å². The smallest absolute Gasteiger partial charge is 0.189 e. The summed E-state index contributed by atoms with van der Waals surface area (Å²) in [5.74, 6) is -0.141. The third-order valence-electron chi connectivity index (χ3n) is 6.41. The fraction of sp³-hybridized carbons (Fsp3) is 0.250. The van der Waals surface area contributed by atoms with Crippen molar-refractivity contribution >= 4 is 11.5 Å². The first-order valence-electron chi connectivity index (χ1n) is 10.6. The van der Waals surface area contributed by atoms with Crippen LogP contribution in [0.1, 0.15) is 54.9 Å². The molecule has 0 amide bonds. The number of allylic oxidation sites excluding steroid dienone is 1. The number of aliphatic hydroxyl groups excluding tert-OH is 1. The molecule has 1 aliphatic carbocycles. The molecule has 0 atom stereocenters. The summed E-state index contributed by atoms with van der Waals surface area (Å²) < 4.78 is 0. The lowest BCUT2D eigenvalue weighted by atomic mass is 9.87. The third-order valence-corrected chi connectivity index (χ3v) is 6.41. The molecular formula is C28H28O2. The topological polar surface area (TPSA) is 37.3 Å². The van der Waals surface area contributed by atoms with Crippen LogP contribution in [0.5, 0.6) is 0 Å². The highest BCUT2D eigenvalue weighted by Gasteiger charge is 2.15. The van der Waals surface area contributed by atoms with Gasteiger partial charge in [0.25, 0.3) is 0 Å². The molecule has 4 rings (SSSR count). The second kappa shape index (κ2) is 8.31. The highest BCUT2D eigenvalue weighted by molar-refractivity contribution is 6.07. The van der Waals surface area contributed by atoms with Crippen LogP contribution >= 0.6 is 0 Å². The largest absolute Gasteiger partial charge is 0.507 e. The van der Waals surface area contributed by atoms with Crippen molar-refractivity contribution in [3.8, 4) is 0 Å². The first-order valence-corrected chi connectivity index (χ1v) is 10.6. The quantitative estimate of drug-likeness (QED) is 0.321. The molecule has 0 fully saturated rings. The Balaban J connectivity index is 1.68. The Bertz CT molecular complexity index is 1090. The lowest BCUT2D eigenvalue weighted by molar-refractivity contribution is 0.104. The van der Waals surface area contributed by atoms with Crippen molar-refractivity contribution in [3.63, 3.8) is 0 Å². The lowest BCUT2D eigenvalue weighted by Crippen LogP contribution is -2.07. The van der Waals surface area contributed by atoms with Gasteiger partial charge in [0.15, 0.2) is 5.78 Å². The summed E-state index contributed by atoms with van der Waals surface area (Å²) in [6.45, 7) is 6.39. The Morgan fingerprint density at radius 1 is 0.733 bits per heavy atom. The van der Waals surface area contributed by atoms with E-state index in [0.717, 1.165) is 36.8 Å². The molecule has 0 aromatic heterocycles. The molecule has 152 valence electrons. The second-order valence-corrected chi connectivity index (χ2v) is 8.38. The summed E-state index contributed by atoms with van der Waals surface area (Å²) in [5.41, 5.74) is 10.4. The van der Waals surface area contributed by atoms with Gasteiger partial charge in [-0.1, -0.05) is 48.0 Å². The van der Waals surface area contributed by atoms with Crippen LogP contribution < -0.4 is 0 Å². The molecule has 0 aliphatic heterocycles. The number of carbonyl (C=O) groups is 1. The van der Waals surface area contributed by atoms with E-state index in [1.807, 2.05) is 31.2 Å². The molecule has 4 bridgehead atoms. The van der Waals surface area contributed by atoms with Gasteiger partial charge in [-0.25, -0.2) is 0 Å². The molecule has 3 aromatic carbocycles. The number of carbonyl (C=O) groups excluding carboxylic acids is 1. The predicted molar refractivity (Wildman–Crippen MR) is 123 cm³/mol. The molecule has 1 N–H and O–H groups in total. The van der Waals surface area contributed by atoms with E-state index in [9.17, 15) is 9.90 Å². The zero-order valence-electron chi connectivity index (χ0n) is 18.0. The van der Waals surface area contributed by atoms with Crippen molar-refractivity contribution in [1.29, 1.82) is 0 Å². The van der Waals surface area contributed by atoms with Gasteiger partial charge in [-0.3, -0.25) is 4.79 Å². The number of hydrogen-bond acceptors (Lipinski definition) is 2. The Morgan fingerprint density at radius 2 is 1.23 bits per heavy atom. The van der Waals surface area contributed by atoms with Gasteiger partial charge in [0.05, 0.1) is 0 Å². The maximum Gasteiger partial charge on any atom is 0.189 e. The van der Waals surface area contributed by atoms with Crippen LogP contribution in [0.25, 0.3) is 5.76 Å². The minimum Gasteiger partial charge on any atom is -0.507 e. The van der Waals surface area contributed by atoms with E-state index < -0.39 is 0 Å². The van der Waals surface area contributed by atoms with Gasteiger partial charge in [0.1, 0.15) is 5.76 Å². The summed E-state index contributed by atoms with van der Waals surface area (Å²) in [4.78, 5) is 12.6. The standard InChI is InChI=1S/C28H28O2/c1-18-7-9-23(10-8-18)27(29)17-28(30)26-15-24-13-11-21-5-4-6-22(19(21)2)12-14-25(16-26)20(24)3/h4-10,15-17,30H,11-14H2,1-3H3/b28-17+. The summed E-state index contributed by atoms with van der Waals surface area (Å²) in [6.07, 6.45) is 5.17. The van der Waals surface area contributed by atoms with Gasteiger partial charge >= 0.3 is 0 Å². The molecule has 0 saturated carbocycles. The number of aliphatic hydroxyl groups is 1. The normalized spacial score (nSPS) is 13.8. The Hall–Kier alpha value is -3.13.